The molecular weight excluding hydrogens is 196 g/mol. The van der Waals surface area contributed by atoms with Crippen LogP contribution in [0.4, 0.5) is 0 Å². The minimum absolute atomic E-state index is 0.137. The molecule has 5 nitrogen and oxygen atoms in total. The Morgan fingerprint density at radius 3 is 2.67 bits per heavy atom. The second-order valence-electron chi connectivity index (χ2n) is 3.02. The standard InChI is InChI=1S/C10H8N2O3/c11-9(12)7-5-3-1-2-4-6(5)15-8(7)10(13)14/h1-4H,(H3,11,12)(H,13,14). The van der Waals surface area contributed by atoms with E-state index in [1.54, 1.807) is 24.3 Å². The second-order valence-corrected chi connectivity index (χ2v) is 3.02. The lowest BCUT2D eigenvalue weighted by molar-refractivity contribution is 0.0664. The van der Waals surface area contributed by atoms with E-state index in [0.29, 0.717) is 11.0 Å². The molecule has 1 heterocycles. The highest BCUT2D eigenvalue weighted by molar-refractivity contribution is 6.13. The molecule has 1 aromatic carbocycles. The third-order valence-corrected chi connectivity index (χ3v) is 2.06. The van der Waals surface area contributed by atoms with Gasteiger partial charge in [0, 0.05) is 5.39 Å². The highest BCUT2D eigenvalue weighted by Crippen LogP contribution is 2.25. The maximum atomic E-state index is 10.8. The van der Waals surface area contributed by atoms with Gasteiger partial charge in [0.25, 0.3) is 0 Å². The van der Waals surface area contributed by atoms with Crippen molar-refractivity contribution in [1.82, 2.24) is 0 Å². The van der Waals surface area contributed by atoms with Gasteiger partial charge in [-0.2, -0.15) is 0 Å². The van der Waals surface area contributed by atoms with Crippen LogP contribution in [0.25, 0.3) is 11.0 Å². The van der Waals surface area contributed by atoms with Crippen molar-refractivity contribution < 1.29 is 14.3 Å². The number of nitrogen functional groups attached to an aromatic ring is 1. The number of rotatable bonds is 2. The van der Waals surface area contributed by atoms with Gasteiger partial charge in [-0.15, -0.1) is 0 Å². The summed E-state index contributed by atoms with van der Waals surface area (Å²) in [7, 11) is 0. The largest absolute Gasteiger partial charge is 0.475 e. The van der Waals surface area contributed by atoms with Crippen molar-refractivity contribution in [3.05, 3.63) is 35.6 Å². The summed E-state index contributed by atoms with van der Waals surface area (Å²) in [4.78, 5) is 10.8. The van der Waals surface area contributed by atoms with E-state index >= 15 is 0 Å². The molecule has 0 aliphatic rings. The highest BCUT2D eigenvalue weighted by Gasteiger charge is 2.21. The molecule has 0 aliphatic carbocycles. The first-order valence-electron chi connectivity index (χ1n) is 4.20. The third-order valence-electron chi connectivity index (χ3n) is 2.06. The zero-order valence-electron chi connectivity index (χ0n) is 7.65. The number of carboxylic acids is 1. The van der Waals surface area contributed by atoms with E-state index in [2.05, 4.69) is 0 Å². The Labute approximate surface area is 84.6 Å². The molecule has 76 valence electrons. The molecule has 1 aromatic heterocycles. The quantitative estimate of drug-likeness (QED) is 0.508. The Kier molecular flexibility index (Phi) is 1.93. The molecule has 2 rings (SSSR count). The minimum atomic E-state index is -1.23. The predicted octanol–water partition coefficient (Wildman–Crippen LogP) is 1.42. The smallest absolute Gasteiger partial charge is 0.372 e. The van der Waals surface area contributed by atoms with E-state index in [0.717, 1.165) is 0 Å². The molecule has 0 atom stereocenters. The number of hydrogen-bond donors (Lipinski definition) is 3. The van der Waals surface area contributed by atoms with Crippen molar-refractivity contribution in [1.29, 1.82) is 5.41 Å². The number of carbonyl (C=O) groups is 1. The van der Waals surface area contributed by atoms with Gasteiger partial charge in [-0.1, -0.05) is 18.2 Å². The normalized spacial score (nSPS) is 10.4. The minimum Gasteiger partial charge on any atom is -0.475 e. The van der Waals surface area contributed by atoms with Crippen LogP contribution in [-0.2, 0) is 0 Å². The topological polar surface area (TPSA) is 100 Å². The fourth-order valence-corrected chi connectivity index (χ4v) is 1.46. The molecule has 15 heavy (non-hydrogen) atoms. The lowest BCUT2D eigenvalue weighted by Crippen LogP contribution is -2.14. The fraction of sp³-hybridized carbons (Fsp3) is 0. The number of aromatic carboxylic acids is 1. The lowest BCUT2D eigenvalue weighted by atomic mass is 10.1. The maximum Gasteiger partial charge on any atom is 0.372 e. The Bertz CT molecular complexity index is 557. The number of furan rings is 1. The molecule has 5 heteroatoms. The lowest BCUT2D eigenvalue weighted by Gasteiger charge is -1.95. The van der Waals surface area contributed by atoms with Crippen molar-refractivity contribution in [2.45, 2.75) is 0 Å². The van der Waals surface area contributed by atoms with E-state index in [1.807, 2.05) is 0 Å². The third kappa shape index (κ3) is 1.34. The van der Waals surface area contributed by atoms with Crippen LogP contribution < -0.4 is 5.73 Å². The first-order valence-corrected chi connectivity index (χ1v) is 4.20. The molecule has 0 radical (unpaired) electrons. The number of nitrogens with one attached hydrogen (secondary N) is 1. The Balaban J connectivity index is 2.86. The summed E-state index contributed by atoms with van der Waals surface area (Å²) in [6.45, 7) is 0. The molecule has 0 saturated heterocycles. The van der Waals surface area contributed by atoms with Gasteiger partial charge in [-0.3, -0.25) is 5.41 Å². The van der Waals surface area contributed by atoms with Gasteiger partial charge >= 0.3 is 5.97 Å². The first-order chi connectivity index (χ1) is 7.11. The van der Waals surface area contributed by atoms with Crippen molar-refractivity contribution in [3.63, 3.8) is 0 Å². The van der Waals surface area contributed by atoms with E-state index in [-0.39, 0.29) is 17.2 Å². The molecule has 0 bridgehead atoms. The Hall–Kier alpha value is -2.30. The maximum absolute atomic E-state index is 10.8. The van der Waals surface area contributed by atoms with E-state index in [1.165, 1.54) is 0 Å². The van der Waals surface area contributed by atoms with E-state index in [4.69, 9.17) is 20.7 Å². The van der Waals surface area contributed by atoms with Crippen LogP contribution in [0.15, 0.2) is 28.7 Å². The summed E-state index contributed by atoms with van der Waals surface area (Å²) in [5.74, 6) is -1.82. The molecule has 0 saturated carbocycles. The number of hydrogen-bond acceptors (Lipinski definition) is 3. The summed E-state index contributed by atoms with van der Waals surface area (Å²) < 4.78 is 5.10. The summed E-state index contributed by atoms with van der Waals surface area (Å²) in [5.41, 5.74) is 5.88. The molecular formula is C10H8N2O3. The first kappa shape index (κ1) is 9.26. The zero-order valence-corrected chi connectivity index (χ0v) is 7.65. The van der Waals surface area contributed by atoms with Crippen LogP contribution in [0.2, 0.25) is 0 Å². The molecule has 0 unspecified atom stereocenters. The number of fused-ring (bicyclic) bond motifs is 1. The van der Waals surface area contributed by atoms with Gasteiger partial charge < -0.3 is 15.3 Å². The summed E-state index contributed by atoms with van der Waals surface area (Å²) in [6, 6.07) is 6.76. The predicted molar refractivity (Wildman–Crippen MR) is 54.2 cm³/mol. The summed E-state index contributed by atoms with van der Waals surface area (Å²) >= 11 is 0. The number of para-hydroxylation sites is 1. The van der Waals surface area contributed by atoms with Gasteiger partial charge in [0.2, 0.25) is 5.76 Å². The molecule has 0 fully saturated rings. The fourth-order valence-electron chi connectivity index (χ4n) is 1.46. The number of benzene rings is 1. The molecule has 0 spiro atoms. The molecule has 4 N–H and O–H groups in total. The van der Waals surface area contributed by atoms with E-state index < -0.39 is 5.97 Å². The van der Waals surface area contributed by atoms with Crippen LogP contribution >= 0.6 is 0 Å². The Morgan fingerprint density at radius 1 is 1.40 bits per heavy atom. The number of carboxylic acid groups (broad SMARTS) is 1. The van der Waals surface area contributed by atoms with Gasteiger partial charge in [-0.05, 0) is 6.07 Å². The average Bonchev–Trinajstić information content (AvgIpc) is 2.56. The number of nitrogens with two attached hydrogens (primary N) is 1. The van der Waals surface area contributed by atoms with Gasteiger partial charge in [0.1, 0.15) is 11.4 Å². The van der Waals surface area contributed by atoms with Crippen molar-refractivity contribution in [3.8, 4) is 0 Å². The summed E-state index contributed by atoms with van der Waals surface area (Å²) in [5, 5.41) is 16.7. The monoisotopic (exact) mass is 204 g/mol. The van der Waals surface area contributed by atoms with Gasteiger partial charge in [0.15, 0.2) is 0 Å². The molecule has 2 aromatic rings. The average molecular weight is 204 g/mol. The van der Waals surface area contributed by atoms with Crippen LogP contribution in [0.5, 0.6) is 0 Å². The van der Waals surface area contributed by atoms with Gasteiger partial charge in [0.05, 0.1) is 5.56 Å². The van der Waals surface area contributed by atoms with Crippen molar-refractivity contribution in [2.75, 3.05) is 0 Å². The van der Waals surface area contributed by atoms with Crippen molar-refractivity contribution >= 4 is 22.8 Å². The Morgan fingerprint density at radius 2 is 2.07 bits per heavy atom. The van der Waals surface area contributed by atoms with Crippen LogP contribution in [0.3, 0.4) is 0 Å². The van der Waals surface area contributed by atoms with Gasteiger partial charge in [-0.25, -0.2) is 4.79 Å². The zero-order chi connectivity index (χ0) is 11.0. The summed E-state index contributed by atoms with van der Waals surface area (Å²) in [6.07, 6.45) is 0. The second kappa shape index (κ2) is 3.13. The molecule has 0 aliphatic heterocycles. The highest BCUT2D eigenvalue weighted by atomic mass is 16.4. The van der Waals surface area contributed by atoms with Crippen LogP contribution in [0.1, 0.15) is 16.1 Å². The van der Waals surface area contributed by atoms with Crippen LogP contribution in [-0.4, -0.2) is 16.9 Å². The van der Waals surface area contributed by atoms with Crippen molar-refractivity contribution in [2.24, 2.45) is 5.73 Å². The van der Waals surface area contributed by atoms with E-state index in [9.17, 15) is 4.79 Å². The molecule has 0 amide bonds. The van der Waals surface area contributed by atoms with Crippen LogP contribution in [0, 0.1) is 5.41 Å². The SMILES string of the molecule is N=C(N)c1c(C(=O)O)oc2ccccc12. The number of amidine groups is 1.